The molecule has 0 spiro atoms. The van der Waals surface area contributed by atoms with Gasteiger partial charge in [-0.05, 0) is 212 Å². The van der Waals surface area contributed by atoms with Crippen LogP contribution in [0.2, 0.25) is 0 Å². The molecule has 110 heavy (non-hydrogen) atoms. The number of aromatic nitrogens is 2. The first-order valence-corrected chi connectivity index (χ1v) is 37.6. The largest absolute Gasteiger partial charge is 0.311 e. The number of hydrogen-bond acceptors (Lipinski definition) is 4. The van der Waals surface area contributed by atoms with E-state index < -0.39 is 0 Å². The molecule has 518 valence electrons. The molecule has 2 aliphatic rings. The minimum atomic E-state index is -0.162. The van der Waals surface area contributed by atoms with Gasteiger partial charge in [0.05, 0.1) is 22.1 Å². The van der Waals surface area contributed by atoms with E-state index in [1.807, 2.05) is 72.8 Å². The molecule has 0 saturated heterocycles. The second kappa shape index (κ2) is 27.5. The summed E-state index contributed by atoms with van der Waals surface area (Å²) < 4.78 is 4.71. The zero-order valence-electron chi connectivity index (χ0n) is 60.0. The van der Waals surface area contributed by atoms with Crippen molar-refractivity contribution in [3.05, 3.63) is 456 Å². The first-order valence-electron chi connectivity index (χ1n) is 37.6. The molecular weight excluding hydrogens is 1340 g/mol. The summed E-state index contributed by atoms with van der Waals surface area (Å²) in [5, 5.41) is 4.84. The third kappa shape index (κ3) is 11.5. The number of Topliss-reactive ketones (excluding diaryl/α,β-unsaturated/α-hetero) is 2. The van der Waals surface area contributed by atoms with Crippen molar-refractivity contribution in [2.75, 3.05) is 9.80 Å². The summed E-state index contributed by atoms with van der Waals surface area (Å²) in [6, 6.07) is 142. The number of allylic oxidation sites excluding steroid dienone is 2. The van der Waals surface area contributed by atoms with Gasteiger partial charge in [-0.15, -0.1) is 0 Å². The Balaban J connectivity index is 0.643. The SMILES string of the molecule is O=C1/C(=C\c2ccc(N(c3ccc(-c4ccc(N(c5ccc(/C=C6\C(=O)c7ccccc7C6c6ccccc6)cc5)c5ccc(-c6ccc7c(c6)c6ccccc6n7-c6ccccc6)cc5)cc4)cc3)c3ccc(-c4ccc5c(c4)c4ccccc4n5-c4ccccc4)cc3)cc2)C(c2ccccc2)c2ccccc21. The predicted molar refractivity (Wildman–Crippen MR) is 455 cm³/mol. The van der Waals surface area contributed by atoms with Gasteiger partial charge in [0.15, 0.2) is 11.6 Å². The van der Waals surface area contributed by atoms with E-state index in [9.17, 15) is 9.59 Å². The summed E-state index contributed by atoms with van der Waals surface area (Å²) in [7, 11) is 0. The molecule has 2 aliphatic carbocycles. The molecule has 0 aliphatic heterocycles. The molecule has 20 rings (SSSR count). The molecule has 16 aromatic carbocycles. The average molecular weight is 1410 g/mol. The van der Waals surface area contributed by atoms with Crippen LogP contribution in [0.3, 0.4) is 0 Å². The summed E-state index contributed by atoms with van der Waals surface area (Å²) in [5.41, 5.74) is 28.8. The number of carbonyl (C=O) groups is 2. The van der Waals surface area contributed by atoms with E-state index >= 15 is 0 Å². The first-order chi connectivity index (χ1) is 54.4. The lowest BCUT2D eigenvalue weighted by atomic mass is 9.89. The highest BCUT2D eigenvalue weighted by Crippen LogP contribution is 2.47. The van der Waals surface area contributed by atoms with Gasteiger partial charge < -0.3 is 18.9 Å². The zero-order valence-corrected chi connectivity index (χ0v) is 60.0. The van der Waals surface area contributed by atoms with Crippen LogP contribution in [0.15, 0.2) is 412 Å². The van der Waals surface area contributed by atoms with Crippen molar-refractivity contribution in [2.45, 2.75) is 11.8 Å². The van der Waals surface area contributed by atoms with E-state index in [1.165, 1.54) is 43.6 Å². The van der Waals surface area contributed by atoms with Crippen LogP contribution in [0.5, 0.6) is 0 Å². The molecule has 2 atom stereocenters. The Morgan fingerprint density at radius 3 is 0.864 bits per heavy atom. The number of benzene rings is 16. The number of ketones is 2. The Kier molecular flexibility index (Phi) is 16.3. The second-order valence-corrected chi connectivity index (χ2v) is 28.6. The van der Waals surface area contributed by atoms with Crippen molar-refractivity contribution in [3.63, 3.8) is 0 Å². The number of fused-ring (bicyclic) bond motifs is 8. The van der Waals surface area contributed by atoms with E-state index in [0.29, 0.717) is 0 Å². The molecule has 6 heteroatoms. The monoisotopic (exact) mass is 1410 g/mol. The van der Waals surface area contributed by atoms with Gasteiger partial charge in [-0.1, -0.05) is 267 Å². The van der Waals surface area contributed by atoms with Crippen LogP contribution < -0.4 is 9.80 Å². The van der Waals surface area contributed by atoms with Crippen molar-refractivity contribution in [1.82, 2.24) is 9.13 Å². The maximum Gasteiger partial charge on any atom is 0.190 e. The molecule has 0 fully saturated rings. The van der Waals surface area contributed by atoms with E-state index in [4.69, 9.17) is 0 Å². The quantitative estimate of drug-likeness (QED) is 0.0960. The predicted octanol–water partition coefficient (Wildman–Crippen LogP) is 26.6. The standard InChI is InChI=1S/C104H70N4O2/c109-103-91-33-15-13-31-89(91)101(75-21-5-1-6-22-75)95(103)65-69-37-51-81(52-38-69)105(85-59-45-73(46-60-85)77-49-63-99-93(67-77)87-29-17-19-35-97(87)107(99)79-25-9-3-10-26-79)83-55-41-71(42-56-83)72-43-57-84(58-44-72)106(82-53-39-70(40-54-82)66-96-102(76-23-7-2-8-24-76)90-32-14-16-34-92(90)104(96)110)86-61-47-74(48-62-86)78-50-64-100-94(68-78)88-30-18-20-36-98(88)108(100)80-27-11-4-12-28-80/h1-68,101-102H/b95-65-,96-66-. The maximum atomic E-state index is 14.3. The van der Waals surface area contributed by atoms with Crippen LogP contribution in [0.25, 0.3) is 101 Å². The van der Waals surface area contributed by atoms with Crippen molar-refractivity contribution in [3.8, 4) is 44.8 Å². The van der Waals surface area contributed by atoms with Crippen LogP contribution >= 0.6 is 0 Å². The lowest BCUT2D eigenvalue weighted by Gasteiger charge is -2.27. The van der Waals surface area contributed by atoms with Crippen LogP contribution in [0, 0.1) is 0 Å². The lowest BCUT2D eigenvalue weighted by Crippen LogP contribution is -2.10. The molecule has 2 heterocycles. The summed E-state index contributed by atoms with van der Waals surface area (Å²) in [6.07, 6.45) is 4.16. The first kappa shape index (κ1) is 65.1. The normalized spacial score (nSPS) is 14.6. The number of nitrogens with zero attached hydrogens (tertiary/aromatic N) is 4. The zero-order chi connectivity index (χ0) is 73.2. The Hall–Kier alpha value is -14.5. The second-order valence-electron chi connectivity index (χ2n) is 28.6. The van der Waals surface area contributed by atoms with Crippen LogP contribution in [-0.4, -0.2) is 20.7 Å². The van der Waals surface area contributed by atoms with Gasteiger partial charge in [0.1, 0.15) is 0 Å². The van der Waals surface area contributed by atoms with Crippen LogP contribution in [0.4, 0.5) is 34.1 Å². The molecule has 18 aromatic rings. The number of rotatable bonds is 15. The van der Waals surface area contributed by atoms with Gasteiger partial charge in [-0.3, -0.25) is 9.59 Å². The van der Waals surface area contributed by atoms with Crippen molar-refractivity contribution in [2.24, 2.45) is 0 Å². The van der Waals surface area contributed by atoms with Crippen LogP contribution in [0.1, 0.15) is 65.9 Å². The summed E-state index contributed by atoms with van der Waals surface area (Å²) in [5.74, 6) is -0.190. The van der Waals surface area contributed by atoms with Gasteiger partial charge in [0.25, 0.3) is 0 Å². The van der Waals surface area contributed by atoms with Gasteiger partial charge in [0, 0.05) is 101 Å². The number of hydrogen-bond donors (Lipinski definition) is 0. The highest BCUT2D eigenvalue weighted by molar-refractivity contribution is 6.19. The molecule has 0 N–H and O–H groups in total. The molecule has 0 amide bonds. The third-order valence-corrected chi connectivity index (χ3v) is 22.3. The topological polar surface area (TPSA) is 50.5 Å². The fraction of sp³-hybridized carbons (Fsp3) is 0.0192. The van der Waals surface area contributed by atoms with Gasteiger partial charge in [0.2, 0.25) is 0 Å². The van der Waals surface area contributed by atoms with Gasteiger partial charge >= 0.3 is 0 Å². The van der Waals surface area contributed by atoms with E-state index in [2.05, 4.69) is 359 Å². The molecular formula is C104H70N4O2. The molecule has 6 nitrogen and oxygen atoms in total. The number of anilines is 6. The third-order valence-electron chi connectivity index (χ3n) is 22.3. The van der Waals surface area contributed by atoms with Gasteiger partial charge in [-0.2, -0.15) is 0 Å². The highest BCUT2D eigenvalue weighted by atomic mass is 16.1. The van der Waals surface area contributed by atoms with Crippen LogP contribution in [-0.2, 0) is 0 Å². The Morgan fingerprint density at radius 2 is 0.509 bits per heavy atom. The van der Waals surface area contributed by atoms with E-state index in [0.717, 1.165) is 135 Å². The summed E-state index contributed by atoms with van der Waals surface area (Å²) in [6.45, 7) is 0. The van der Waals surface area contributed by atoms with Gasteiger partial charge in [-0.25, -0.2) is 0 Å². The Bertz CT molecular complexity index is 6220. The smallest absolute Gasteiger partial charge is 0.190 e. The maximum absolute atomic E-state index is 14.3. The number of carbonyl (C=O) groups excluding carboxylic acids is 2. The Morgan fingerprint density at radius 1 is 0.236 bits per heavy atom. The van der Waals surface area contributed by atoms with Crippen molar-refractivity contribution in [1.29, 1.82) is 0 Å². The molecule has 0 radical (unpaired) electrons. The fourth-order valence-corrected chi connectivity index (χ4v) is 17.0. The lowest BCUT2D eigenvalue weighted by molar-refractivity contribution is 0.103. The fourth-order valence-electron chi connectivity index (χ4n) is 17.0. The molecule has 0 saturated carbocycles. The minimum absolute atomic E-state index is 0.0665. The number of para-hydroxylation sites is 4. The van der Waals surface area contributed by atoms with E-state index in [-0.39, 0.29) is 23.4 Å². The molecule has 0 bridgehead atoms. The van der Waals surface area contributed by atoms with Crippen molar-refractivity contribution >= 4 is 101 Å². The average Bonchev–Trinajstić information content (AvgIpc) is 1.61. The summed E-state index contributed by atoms with van der Waals surface area (Å²) >= 11 is 0. The Labute approximate surface area is 638 Å². The highest BCUT2D eigenvalue weighted by Gasteiger charge is 2.37. The van der Waals surface area contributed by atoms with Crippen molar-refractivity contribution < 1.29 is 9.59 Å². The molecule has 2 unspecified atom stereocenters. The summed E-state index contributed by atoms with van der Waals surface area (Å²) in [4.78, 5) is 33.2. The molecule has 2 aromatic heterocycles. The van der Waals surface area contributed by atoms with E-state index in [1.54, 1.807) is 0 Å². The minimum Gasteiger partial charge on any atom is -0.311 e.